The third-order valence-electron chi connectivity index (χ3n) is 5.18. The summed E-state index contributed by atoms with van der Waals surface area (Å²) in [5.74, 6) is 1.33. The van der Waals surface area contributed by atoms with E-state index < -0.39 is 5.97 Å². The van der Waals surface area contributed by atoms with Gasteiger partial charge < -0.3 is 14.8 Å². The van der Waals surface area contributed by atoms with Crippen LogP contribution in [0.25, 0.3) is 0 Å². The Morgan fingerprint density at radius 2 is 1.91 bits per heavy atom. The molecule has 0 saturated heterocycles. The molecule has 0 fully saturated rings. The van der Waals surface area contributed by atoms with Crippen LogP contribution < -0.4 is 10.1 Å². The highest BCUT2D eigenvalue weighted by atomic mass is 32.2. The number of hydrogen-bond donors (Lipinski definition) is 1. The summed E-state index contributed by atoms with van der Waals surface area (Å²) in [5.41, 5.74) is 3.26. The van der Waals surface area contributed by atoms with Crippen LogP contribution in [0, 0.1) is 6.92 Å². The maximum Gasteiger partial charge on any atom is 0.337 e. The number of hydrogen-bond acceptors (Lipinski definition) is 7. The van der Waals surface area contributed by atoms with E-state index in [0.717, 1.165) is 16.9 Å². The van der Waals surface area contributed by atoms with Gasteiger partial charge in [0.1, 0.15) is 12.4 Å². The summed E-state index contributed by atoms with van der Waals surface area (Å²) < 4.78 is 12.7. The highest BCUT2D eigenvalue weighted by molar-refractivity contribution is 7.99. The van der Waals surface area contributed by atoms with Gasteiger partial charge in [0.05, 0.1) is 18.4 Å². The minimum absolute atomic E-state index is 0.143. The smallest absolute Gasteiger partial charge is 0.337 e. The molecule has 0 aliphatic heterocycles. The van der Waals surface area contributed by atoms with Gasteiger partial charge in [-0.3, -0.25) is 9.36 Å². The summed E-state index contributed by atoms with van der Waals surface area (Å²) in [7, 11) is 1.32. The molecule has 1 N–H and O–H groups in total. The lowest BCUT2D eigenvalue weighted by Crippen LogP contribution is -2.15. The van der Waals surface area contributed by atoms with Crippen LogP contribution in [0.5, 0.6) is 5.75 Å². The van der Waals surface area contributed by atoms with E-state index in [9.17, 15) is 9.59 Å². The number of esters is 1. The largest absolute Gasteiger partial charge is 0.485 e. The standard InChI is InChI=1S/C26H30N4O4S/c1-6-13-30-23(15-34-22-14-18(4)7-12-21(22)17(2)3)28-29-26(30)35-16-24(31)27-20-10-8-19(9-11-20)25(32)33-5/h6-12,14,17H,1,13,15-16H2,2-5H3,(H,27,31). The molecule has 184 valence electrons. The quantitative estimate of drug-likeness (QED) is 0.228. The third kappa shape index (κ3) is 6.95. The molecule has 0 atom stereocenters. The van der Waals surface area contributed by atoms with Crippen molar-refractivity contribution in [2.75, 3.05) is 18.2 Å². The Morgan fingerprint density at radius 1 is 1.17 bits per heavy atom. The van der Waals surface area contributed by atoms with E-state index in [1.807, 2.05) is 17.6 Å². The van der Waals surface area contributed by atoms with Crippen LogP contribution in [0.2, 0.25) is 0 Å². The molecule has 2 aromatic carbocycles. The molecule has 35 heavy (non-hydrogen) atoms. The molecule has 1 heterocycles. The normalized spacial score (nSPS) is 10.8. The second-order valence-electron chi connectivity index (χ2n) is 8.19. The number of benzene rings is 2. The molecule has 1 aromatic heterocycles. The van der Waals surface area contributed by atoms with Crippen molar-refractivity contribution < 1.29 is 19.1 Å². The number of anilines is 1. The number of aromatic nitrogens is 3. The molecular formula is C26H30N4O4S. The van der Waals surface area contributed by atoms with Gasteiger partial charge in [-0.05, 0) is 54.3 Å². The zero-order chi connectivity index (χ0) is 25.4. The first-order valence-corrected chi connectivity index (χ1v) is 12.2. The van der Waals surface area contributed by atoms with Gasteiger partial charge in [-0.2, -0.15) is 0 Å². The topological polar surface area (TPSA) is 95.3 Å². The molecule has 3 aromatic rings. The number of allylic oxidation sites excluding steroid dienone is 1. The fraction of sp³-hybridized carbons (Fsp3) is 0.308. The van der Waals surface area contributed by atoms with Crippen LogP contribution in [0.4, 0.5) is 5.69 Å². The number of thioether (sulfide) groups is 1. The fourth-order valence-corrected chi connectivity index (χ4v) is 4.13. The van der Waals surface area contributed by atoms with Gasteiger partial charge in [0.15, 0.2) is 11.0 Å². The van der Waals surface area contributed by atoms with E-state index >= 15 is 0 Å². The van der Waals surface area contributed by atoms with Crippen molar-refractivity contribution >= 4 is 29.3 Å². The summed E-state index contributed by atoms with van der Waals surface area (Å²) in [6.07, 6.45) is 1.76. The number of amides is 1. The second kappa shape index (κ2) is 12.2. The molecular weight excluding hydrogens is 464 g/mol. The van der Waals surface area contributed by atoms with Crippen molar-refractivity contribution in [1.82, 2.24) is 14.8 Å². The first-order valence-electron chi connectivity index (χ1n) is 11.2. The van der Waals surface area contributed by atoms with Gasteiger partial charge in [0.25, 0.3) is 0 Å². The van der Waals surface area contributed by atoms with Gasteiger partial charge in [-0.25, -0.2) is 4.79 Å². The molecule has 8 nitrogen and oxygen atoms in total. The Balaban J connectivity index is 1.63. The summed E-state index contributed by atoms with van der Waals surface area (Å²) in [6.45, 7) is 10.9. The lowest BCUT2D eigenvalue weighted by molar-refractivity contribution is -0.113. The average molecular weight is 495 g/mol. The van der Waals surface area contributed by atoms with Crippen molar-refractivity contribution in [3.63, 3.8) is 0 Å². The van der Waals surface area contributed by atoms with Crippen LogP contribution in [0.1, 0.15) is 47.1 Å². The predicted octanol–water partition coefficient (Wildman–Crippen LogP) is 4.99. The monoisotopic (exact) mass is 494 g/mol. The van der Waals surface area contributed by atoms with Crippen molar-refractivity contribution in [3.8, 4) is 5.75 Å². The molecule has 0 aliphatic rings. The number of carbonyl (C=O) groups is 2. The van der Waals surface area contributed by atoms with Gasteiger partial charge in [0, 0.05) is 12.2 Å². The summed E-state index contributed by atoms with van der Waals surface area (Å²) in [6, 6.07) is 12.7. The average Bonchev–Trinajstić information content (AvgIpc) is 3.22. The Kier molecular flexibility index (Phi) is 9.08. The third-order valence-corrected chi connectivity index (χ3v) is 6.14. The van der Waals surface area contributed by atoms with Crippen molar-refractivity contribution in [2.24, 2.45) is 0 Å². The van der Waals surface area contributed by atoms with Gasteiger partial charge in [-0.1, -0.05) is 43.8 Å². The predicted molar refractivity (Wildman–Crippen MR) is 137 cm³/mol. The number of nitrogens with one attached hydrogen (secondary N) is 1. The number of ether oxygens (including phenoxy) is 2. The summed E-state index contributed by atoms with van der Waals surface area (Å²) >= 11 is 1.28. The molecule has 0 radical (unpaired) electrons. The number of nitrogens with zero attached hydrogens (tertiary/aromatic N) is 3. The van der Waals surface area contributed by atoms with E-state index in [1.165, 1.54) is 18.9 Å². The lowest BCUT2D eigenvalue weighted by Gasteiger charge is -2.15. The molecule has 0 unspecified atom stereocenters. The number of methoxy groups -OCH3 is 1. The van der Waals surface area contributed by atoms with Crippen LogP contribution in [0.15, 0.2) is 60.3 Å². The molecule has 0 aliphatic carbocycles. The van der Waals surface area contributed by atoms with E-state index in [0.29, 0.717) is 34.7 Å². The fourth-order valence-electron chi connectivity index (χ4n) is 3.37. The van der Waals surface area contributed by atoms with Crippen LogP contribution in [-0.4, -0.2) is 39.5 Å². The molecule has 1 amide bonds. The number of rotatable bonds is 11. The zero-order valence-corrected chi connectivity index (χ0v) is 21.2. The Hall–Kier alpha value is -3.59. The maximum absolute atomic E-state index is 12.5. The minimum Gasteiger partial charge on any atom is -0.485 e. The van der Waals surface area contributed by atoms with Crippen LogP contribution in [0.3, 0.4) is 0 Å². The van der Waals surface area contributed by atoms with E-state index in [1.54, 1.807) is 30.3 Å². The zero-order valence-electron chi connectivity index (χ0n) is 20.4. The van der Waals surface area contributed by atoms with Crippen LogP contribution in [-0.2, 0) is 22.7 Å². The first kappa shape index (κ1) is 26.0. The Morgan fingerprint density at radius 3 is 2.57 bits per heavy atom. The van der Waals surface area contributed by atoms with Crippen molar-refractivity contribution in [3.05, 3.63) is 77.6 Å². The summed E-state index contributed by atoms with van der Waals surface area (Å²) in [4.78, 5) is 24.0. The lowest BCUT2D eigenvalue weighted by atomic mass is 10.0. The van der Waals surface area contributed by atoms with E-state index in [2.05, 4.69) is 52.8 Å². The highest BCUT2D eigenvalue weighted by Crippen LogP contribution is 2.28. The molecule has 0 saturated carbocycles. The minimum atomic E-state index is -0.428. The molecule has 3 rings (SSSR count). The van der Waals surface area contributed by atoms with E-state index in [-0.39, 0.29) is 18.3 Å². The Bertz CT molecular complexity index is 1190. The maximum atomic E-state index is 12.5. The SMILES string of the molecule is C=CCn1c(COc2cc(C)ccc2C(C)C)nnc1SCC(=O)Nc1ccc(C(=O)OC)cc1. The van der Waals surface area contributed by atoms with Crippen molar-refractivity contribution in [1.29, 1.82) is 0 Å². The summed E-state index contributed by atoms with van der Waals surface area (Å²) in [5, 5.41) is 12.0. The van der Waals surface area contributed by atoms with E-state index in [4.69, 9.17) is 4.74 Å². The molecule has 0 bridgehead atoms. The number of aryl methyl sites for hydroxylation is 1. The van der Waals surface area contributed by atoms with Gasteiger partial charge in [-0.15, -0.1) is 16.8 Å². The molecule has 9 heteroatoms. The van der Waals surface area contributed by atoms with Gasteiger partial charge in [0.2, 0.25) is 5.91 Å². The number of carbonyl (C=O) groups excluding carboxylic acids is 2. The second-order valence-corrected chi connectivity index (χ2v) is 9.13. The van der Waals surface area contributed by atoms with Crippen molar-refractivity contribution in [2.45, 2.75) is 45.0 Å². The first-order chi connectivity index (χ1) is 16.8. The van der Waals surface area contributed by atoms with Gasteiger partial charge >= 0.3 is 5.97 Å². The van der Waals surface area contributed by atoms with Crippen LogP contribution >= 0.6 is 11.8 Å². The highest BCUT2D eigenvalue weighted by Gasteiger charge is 2.16. The molecule has 0 spiro atoms. The Labute approximate surface area is 209 Å².